The predicted octanol–water partition coefficient (Wildman–Crippen LogP) is 0.578. The van der Waals surface area contributed by atoms with Gasteiger partial charge in [0.05, 0.1) is 0 Å². The van der Waals surface area contributed by atoms with Gasteiger partial charge in [0.2, 0.25) is 0 Å². The topological polar surface area (TPSA) is 25.2 Å². The fourth-order valence-electron chi connectivity index (χ4n) is 0.792. The Hall–Kier alpha value is -0.710. The van der Waals surface area contributed by atoms with Gasteiger partial charge >= 0.3 is 0 Å². The van der Waals surface area contributed by atoms with Crippen LogP contribution in [0.25, 0.3) is 12.7 Å². The van der Waals surface area contributed by atoms with Crippen molar-refractivity contribution in [1.82, 2.24) is 4.98 Å². The molecule has 0 saturated carbocycles. The molecule has 0 unspecified atom stereocenters. The van der Waals surface area contributed by atoms with Crippen molar-refractivity contribution in [3.63, 3.8) is 0 Å². The summed E-state index contributed by atoms with van der Waals surface area (Å²) in [4.78, 5) is 7.98. The Balaban J connectivity index is 3.36. The molecule has 0 aliphatic rings. The van der Waals surface area contributed by atoms with Gasteiger partial charge in [-0.2, -0.15) is 0 Å². The first-order valence-electron chi connectivity index (χ1n) is 3.47. The third kappa shape index (κ3) is 2.14. The maximum absolute atomic E-state index is 4.11. The summed E-state index contributed by atoms with van der Waals surface area (Å²) in [5.41, 5.74) is 0. The number of aromatic nitrogens is 1. The lowest BCUT2D eigenvalue weighted by Crippen LogP contribution is -2.26. The molecule has 0 aliphatic heterocycles. The molecule has 0 radical (unpaired) electrons. The molecule has 0 spiro atoms. The fraction of sp³-hybridized carbons (Fsp3) is 0.111. The smallest absolute Gasteiger partial charge is 0.108 e. The van der Waals surface area contributed by atoms with Crippen molar-refractivity contribution in [2.24, 2.45) is 4.99 Å². The van der Waals surface area contributed by atoms with E-state index < -0.39 is 0 Å². The highest BCUT2D eigenvalue weighted by Gasteiger charge is 1.88. The van der Waals surface area contributed by atoms with Gasteiger partial charge in [-0.3, -0.25) is 4.99 Å². The van der Waals surface area contributed by atoms with Gasteiger partial charge in [0.1, 0.15) is 3.70 Å². The zero-order valence-corrected chi connectivity index (χ0v) is 8.95. The minimum atomic E-state index is 0.936. The van der Waals surface area contributed by atoms with Gasteiger partial charge in [0, 0.05) is 24.7 Å². The quantitative estimate of drug-likeness (QED) is 0.417. The predicted molar refractivity (Wildman–Crippen MR) is 60.6 cm³/mol. The van der Waals surface area contributed by atoms with Gasteiger partial charge in [0.15, 0.2) is 0 Å². The number of aliphatic imine (C=N–C) groups is 1. The monoisotopic (exact) mass is 272 g/mol. The van der Waals surface area contributed by atoms with Crippen LogP contribution in [0.15, 0.2) is 17.3 Å². The van der Waals surface area contributed by atoms with Crippen molar-refractivity contribution in [3.8, 4) is 0 Å². The van der Waals surface area contributed by atoms with Crippen LogP contribution in [0.5, 0.6) is 0 Å². The molecular weight excluding hydrogens is 263 g/mol. The Morgan fingerprint density at radius 3 is 3.08 bits per heavy atom. The van der Waals surface area contributed by atoms with E-state index in [0.29, 0.717) is 0 Å². The summed E-state index contributed by atoms with van der Waals surface area (Å²) < 4.78 is 0.936. The summed E-state index contributed by atoms with van der Waals surface area (Å²) in [7, 11) is 1.74. The fourth-order valence-corrected chi connectivity index (χ4v) is 1.26. The van der Waals surface area contributed by atoms with Crippen molar-refractivity contribution < 1.29 is 0 Å². The molecule has 0 atom stereocenters. The van der Waals surface area contributed by atoms with Gasteiger partial charge in [-0.05, 0) is 40.0 Å². The molecule has 0 bridgehead atoms. The second-order valence-corrected chi connectivity index (χ2v) is 3.27. The molecule has 62 valence electrons. The maximum Gasteiger partial charge on any atom is 0.108 e. The zero-order chi connectivity index (χ0) is 8.97. The van der Waals surface area contributed by atoms with Crippen molar-refractivity contribution in [3.05, 3.63) is 26.4 Å². The summed E-state index contributed by atoms with van der Waals surface area (Å²) in [5.74, 6) is 0. The lowest BCUT2D eigenvalue weighted by molar-refractivity contribution is 1.22. The van der Waals surface area contributed by atoms with Gasteiger partial charge in [-0.25, -0.2) is 4.98 Å². The van der Waals surface area contributed by atoms with Crippen LogP contribution in [0.4, 0.5) is 0 Å². The number of hydrogen-bond donors (Lipinski definition) is 0. The molecular formula is C9H9IN2. The lowest BCUT2D eigenvalue weighted by atomic mass is 10.3. The number of nitrogens with zero attached hydrogens (tertiary/aromatic N) is 2. The molecule has 0 fully saturated rings. The number of halogens is 1. The van der Waals surface area contributed by atoms with E-state index in [2.05, 4.69) is 39.1 Å². The van der Waals surface area contributed by atoms with E-state index in [0.717, 1.165) is 14.1 Å². The second-order valence-electron chi connectivity index (χ2n) is 2.24. The third-order valence-corrected chi connectivity index (χ3v) is 2.37. The average Bonchev–Trinajstić information content (AvgIpc) is 2.08. The van der Waals surface area contributed by atoms with Crippen LogP contribution in [-0.4, -0.2) is 18.2 Å². The van der Waals surface area contributed by atoms with Crippen LogP contribution < -0.4 is 10.4 Å². The van der Waals surface area contributed by atoms with E-state index in [1.165, 1.54) is 0 Å². The molecule has 1 aromatic rings. The highest BCUT2D eigenvalue weighted by atomic mass is 127. The summed E-state index contributed by atoms with van der Waals surface area (Å²) in [5, 5.41) is 2.03. The molecule has 0 N–H and O–H groups in total. The highest BCUT2D eigenvalue weighted by Crippen LogP contribution is 1.85. The van der Waals surface area contributed by atoms with Crippen LogP contribution in [0.2, 0.25) is 0 Å². The van der Waals surface area contributed by atoms with Crippen LogP contribution in [-0.2, 0) is 0 Å². The summed E-state index contributed by atoms with van der Waals surface area (Å²) in [6, 6.07) is 1.92. The SMILES string of the molecule is C=c1c(I)ncc/c1=C/C=NC. The molecule has 3 heteroatoms. The van der Waals surface area contributed by atoms with Gasteiger partial charge in [0.25, 0.3) is 0 Å². The Bertz CT molecular complexity index is 395. The number of hydrogen-bond acceptors (Lipinski definition) is 2. The highest BCUT2D eigenvalue weighted by molar-refractivity contribution is 14.1. The van der Waals surface area contributed by atoms with Crippen LogP contribution in [0.1, 0.15) is 0 Å². The molecule has 1 heterocycles. The maximum atomic E-state index is 4.11. The lowest BCUT2D eigenvalue weighted by Gasteiger charge is -1.89. The standard InChI is InChI=1S/C9H9IN2/c1-7-8(3-5-11-2)4-6-12-9(7)10/h3-6H,1H2,2H3/b8-3-,11-5?. The van der Waals surface area contributed by atoms with E-state index in [-0.39, 0.29) is 0 Å². The molecule has 1 rings (SSSR count). The largest absolute Gasteiger partial charge is 0.296 e. The van der Waals surface area contributed by atoms with Crippen molar-refractivity contribution >= 4 is 41.5 Å². The Morgan fingerprint density at radius 1 is 1.67 bits per heavy atom. The minimum Gasteiger partial charge on any atom is -0.296 e. The van der Waals surface area contributed by atoms with Crippen molar-refractivity contribution in [2.75, 3.05) is 7.05 Å². The first-order chi connectivity index (χ1) is 5.75. The third-order valence-electron chi connectivity index (χ3n) is 1.44. The van der Waals surface area contributed by atoms with E-state index in [1.54, 1.807) is 19.5 Å². The number of rotatable bonds is 1. The minimum absolute atomic E-state index is 0.936. The Labute approximate surface area is 84.9 Å². The molecule has 0 saturated heterocycles. The Morgan fingerprint density at radius 2 is 2.42 bits per heavy atom. The molecule has 2 nitrogen and oxygen atoms in total. The van der Waals surface area contributed by atoms with Crippen LogP contribution in [0, 0.1) is 3.70 Å². The molecule has 0 amide bonds. The van der Waals surface area contributed by atoms with E-state index >= 15 is 0 Å². The second kappa shape index (κ2) is 4.35. The van der Waals surface area contributed by atoms with Crippen LogP contribution in [0.3, 0.4) is 0 Å². The summed E-state index contributed by atoms with van der Waals surface area (Å²) >= 11 is 2.16. The first kappa shape index (κ1) is 9.38. The van der Waals surface area contributed by atoms with E-state index in [4.69, 9.17) is 0 Å². The molecule has 0 aromatic carbocycles. The molecule has 1 aromatic heterocycles. The van der Waals surface area contributed by atoms with Gasteiger partial charge in [-0.15, -0.1) is 0 Å². The van der Waals surface area contributed by atoms with E-state index in [9.17, 15) is 0 Å². The zero-order valence-electron chi connectivity index (χ0n) is 6.79. The van der Waals surface area contributed by atoms with Gasteiger partial charge in [-0.1, -0.05) is 6.58 Å². The van der Waals surface area contributed by atoms with E-state index in [1.807, 2.05) is 12.1 Å². The Kier molecular flexibility index (Phi) is 3.40. The first-order valence-corrected chi connectivity index (χ1v) is 4.55. The van der Waals surface area contributed by atoms with Gasteiger partial charge < -0.3 is 0 Å². The van der Waals surface area contributed by atoms with Crippen LogP contribution >= 0.6 is 22.6 Å². The summed E-state index contributed by atoms with van der Waals surface area (Å²) in [6.07, 6.45) is 5.44. The summed E-state index contributed by atoms with van der Waals surface area (Å²) in [6.45, 7) is 3.91. The molecule has 12 heavy (non-hydrogen) atoms. The average molecular weight is 272 g/mol. The van der Waals surface area contributed by atoms with Crippen molar-refractivity contribution in [1.29, 1.82) is 0 Å². The number of pyridine rings is 1. The molecule has 0 aliphatic carbocycles. The normalized spacial score (nSPS) is 12.7. The van der Waals surface area contributed by atoms with Crippen molar-refractivity contribution in [2.45, 2.75) is 0 Å².